The van der Waals surface area contributed by atoms with Crippen molar-refractivity contribution in [1.82, 2.24) is 0 Å². The second kappa shape index (κ2) is 7.99. The van der Waals surface area contributed by atoms with E-state index in [1.54, 1.807) is 0 Å². The van der Waals surface area contributed by atoms with Crippen LogP contribution in [0.5, 0.6) is 0 Å². The van der Waals surface area contributed by atoms with Crippen molar-refractivity contribution in [3.05, 3.63) is 95.6 Å². The zero-order valence-corrected chi connectivity index (χ0v) is 14.9. The topological polar surface area (TPSA) is 23.8 Å². The molecule has 1 heteroatoms. The Balaban J connectivity index is 1.73. The van der Waals surface area contributed by atoms with Crippen LogP contribution in [0.1, 0.15) is 48.8 Å². The minimum atomic E-state index is -0.641. The lowest BCUT2D eigenvalue weighted by molar-refractivity contribution is 0.717. The van der Waals surface area contributed by atoms with Crippen molar-refractivity contribution in [3.8, 4) is 6.07 Å². The maximum absolute atomic E-state index is 9.74. The average molecular weight is 327 g/mol. The van der Waals surface area contributed by atoms with E-state index in [9.17, 15) is 5.26 Å². The van der Waals surface area contributed by atoms with Gasteiger partial charge in [0.05, 0.1) is 6.07 Å². The van der Waals surface area contributed by atoms with E-state index in [1.807, 2.05) is 42.5 Å². The molecule has 1 aliphatic carbocycles. The van der Waals surface area contributed by atoms with E-state index < -0.39 is 5.41 Å². The number of allylic oxidation sites excluding steroid dienone is 4. The number of nitriles is 1. The number of hydrogen-bond donors (Lipinski definition) is 0. The van der Waals surface area contributed by atoms with Crippen molar-refractivity contribution < 1.29 is 0 Å². The van der Waals surface area contributed by atoms with Crippen LogP contribution in [0.25, 0.3) is 0 Å². The van der Waals surface area contributed by atoms with Crippen LogP contribution < -0.4 is 0 Å². The van der Waals surface area contributed by atoms with Crippen molar-refractivity contribution in [1.29, 1.82) is 5.26 Å². The Hall–Kier alpha value is -2.59. The summed E-state index contributed by atoms with van der Waals surface area (Å²) in [7, 11) is 0. The summed E-state index contributed by atoms with van der Waals surface area (Å²) in [5, 5.41) is 9.74. The van der Waals surface area contributed by atoms with Crippen LogP contribution in [0.2, 0.25) is 0 Å². The molecule has 0 aromatic heterocycles. The number of unbranched alkanes of at least 4 members (excludes halogenated alkanes) is 2. The van der Waals surface area contributed by atoms with Crippen molar-refractivity contribution in [2.75, 3.05) is 0 Å². The molecule has 0 amide bonds. The van der Waals surface area contributed by atoms with Gasteiger partial charge >= 0.3 is 0 Å². The van der Waals surface area contributed by atoms with Crippen molar-refractivity contribution in [2.24, 2.45) is 0 Å². The molecule has 0 fully saturated rings. The maximum Gasteiger partial charge on any atom is 0.118 e. The summed E-state index contributed by atoms with van der Waals surface area (Å²) in [6.45, 7) is 2.24. The van der Waals surface area contributed by atoms with Crippen molar-refractivity contribution in [3.63, 3.8) is 0 Å². The van der Waals surface area contributed by atoms with Gasteiger partial charge in [0.2, 0.25) is 0 Å². The average Bonchev–Trinajstić information content (AvgIpc) is 2.69. The van der Waals surface area contributed by atoms with Gasteiger partial charge in [0.1, 0.15) is 5.41 Å². The molecule has 0 aliphatic heterocycles. The fourth-order valence-corrected chi connectivity index (χ4v) is 3.38. The Morgan fingerprint density at radius 2 is 1.60 bits per heavy atom. The predicted octanol–water partition coefficient (Wildman–Crippen LogP) is 6.09. The third-order valence-corrected chi connectivity index (χ3v) is 5.00. The largest absolute Gasteiger partial charge is 0.197 e. The molecule has 0 saturated carbocycles. The summed E-state index contributed by atoms with van der Waals surface area (Å²) < 4.78 is 0. The second-order valence-electron chi connectivity index (χ2n) is 6.79. The highest BCUT2D eigenvalue weighted by Gasteiger charge is 2.29. The highest BCUT2D eigenvalue weighted by molar-refractivity contribution is 5.49. The Kier molecular flexibility index (Phi) is 5.51. The van der Waals surface area contributed by atoms with Crippen LogP contribution in [-0.4, -0.2) is 0 Å². The number of aryl methyl sites for hydroxylation is 1. The van der Waals surface area contributed by atoms with E-state index >= 15 is 0 Å². The maximum atomic E-state index is 9.74. The van der Waals surface area contributed by atoms with Gasteiger partial charge in [-0.15, -0.1) is 0 Å². The summed E-state index contributed by atoms with van der Waals surface area (Å²) in [5.41, 5.74) is 3.08. The van der Waals surface area contributed by atoms with Gasteiger partial charge in [0.25, 0.3) is 0 Å². The van der Waals surface area contributed by atoms with Gasteiger partial charge in [0, 0.05) is 5.92 Å². The molecule has 25 heavy (non-hydrogen) atoms. The first kappa shape index (κ1) is 17.2. The van der Waals surface area contributed by atoms with Crippen LogP contribution in [-0.2, 0) is 11.8 Å². The van der Waals surface area contributed by atoms with Gasteiger partial charge in [-0.1, -0.05) is 98.7 Å². The van der Waals surface area contributed by atoms with Crippen LogP contribution in [0.15, 0.2) is 78.9 Å². The van der Waals surface area contributed by atoms with Crippen LogP contribution in [0, 0.1) is 11.3 Å². The quantitative estimate of drug-likeness (QED) is 0.465. The Bertz CT molecular complexity index is 761. The molecule has 0 N–H and O–H groups in total. The molecule has 0 spiro atoms. The monoisotopic (exact) mass is 327 g/mol. The lowest BCUT2D eigenvalue weighted by atomic mass is 9.76. The van der Waals surface area contributed by atoms with E-state index in [1.165, 1.54) is 30.4 Å². The lowest BCUT2D eigenvalue weighted by Gasteiger charge is -2.25. The molecule has 3 rings (SSSR count). The van der Waals surface area contributed by atoms with E-state index in [0.717, 1.165) is 12.0 Å². The van der Waals surface area contributed by atoms with Crippen LogP contribution >= 0.6 is 0 Å². The van der Waals surface area contributed by atoms with Gasteiger partial charge in [-0.05, 0) is 29.5 Å². The van der Waals surface area contributed by atoms with E-state index in [2.05, 4.69) is 49.4 Å². The Morgan fingerprint density at radius 1 is 0.920 bits per heavy atom. The summed E-state index contributed by atoms with van der Waals surface area (Å²) in [5.74, 6) is 0.245. The van der Waals surface area contributed by atoms with Crippen molar-refractivity contribution >= 4 is 0 Å². The summed E-state index contributed by atoms with van der Waals surface area (Å²) in [6.07, 6.45) is 13.4. The molecule has 1 aliphatic rings. The molecule has 126 valence electrons. The minimum absolute atomic E-state index is 0.245. The summed E-state index contributed by atoms with van der Waals surface area (Å²) in [6, 6.07) is 21.4. The van der Waals surface area contributed by atoms with Gasteiger partial charge in [-0.3, -0.25) is 0 Å². The highest BCUT2D eigenvalue weighted by atomic mass is 14.4. The zero-order chi connectivity index (χ0) is 17.5. The predicted molar refractivity (Wildman–Crippen MR) is 104 cm³/mol. The van der Waals surface area contributed by atoms with E-state index in [-0.39, 0.29) is 5.92 Å². The first-order valence-electron chi connectivity index (χ1n) is 9.22. The number of rotatable bonds is 6. The van der Waals surface area contributed by atoms with Crippen LogP contribution in [0.4, 0.5) is 0 Å². The van der Waals surface area contributed by atoms with Crippen LogP contribution in [0.3, 0.4) is 0 Å². The van der Waals surface area contributed by atoms with Crippen molar-refractivity contribution in [2.45, 2.75) is 43.9 Å². The SMILES string of the molecule is CCCCCc1ccc(C2C=CC(C#N)(c3ccccc3)C=C2)cc1. The molecule has 0 heterocycles. The summed E-state index contributed by atoms with van der Waals surface area (Å²) in [4.78, 5) is 0. The molecular weight excluding hydrogens is 302 g/mol. The molecule has 2 aromatic rings. The summed E-state index contributed by atoms with van der Waals surface area (Å²) >= 11 is 0. The van der Waals surface area contributed by atoms with Gasteiger partial charge in [-0.25, -0.2) is 0 Å². The zero-order valence-electron chi connectivity index (χ0n) is 14.9. The normalized spacial score (nSPS) is 21.8. The smallest absolute Gasteiger partial charge is 0.118 e. The Labute approximate surface area is 151 Å². The molecule has 0 saturated heterocycles. The third-order valence-electron chi connectivity index (χ3n) is 5.00. The lowest BCUT2D eigenvalue weighted by Crippen LogP contribution is -2.21. The molecule has 1 nitrogen and oxygen atoms in total. The molecule has 0 radical (unpaired) electrons. The third kappa shape index (κ3) is 3.91. The fraction of sp³-hybridized carbons (Fsp3) is 0.292. The van der Waals surface area contributed by atoms with E-state index in [4.69, 9.17) is 0 Å². The molecule has 0 unspecified atom stereocenters. The van der Waals surface area contributed by atoms with Gasteiger partial charge in [0.15, 0.2) is 0 Å². The number of hydrogen-bond acceptors (Lipinski definition) is 1. The Morgan fingerprint density at radius 3 is 2.20 bits per heavy atom. The number of benzene rings is 2. The van der Waals surface area contributed by atoms with Gasteiger partial charge < -0.3 is 0 Å². The van der Waals surface area contributed by atoms with E-state index in [0.29, 0.717) is 0 Å². The van der Waals surface area contributed by atoms with Gasteiger partial charge in [-0.2, -0.15) is 5.26 Å². The standard InChI is InChI=1S/C24H25N/c1-2-3-5-8-20-11-13-21(14-12-20)22-15-17-24(19-25,18-16-22)23-9-6-4-7-10-23/h4,6-7,9-18,22H,2-3,5,8H2,1H3. The molecule has 2 aromatic carbocycles. The fourth-order valence-electron chi connectivity index (χ4n) is 3.38. The number of nitrogens with zero attached hydrogens (tertiary/aromatic N) is 1. The second-order valence-corrected chi connectivity index (χ2v) is 6.79. The first-order valence-corrected chi connectivity index (χ1v) is 9.22. The minimum Gasteiger partial charge on any atom is -0.197 e. The molecule has 0 bridgehead atoms. The highest BCUT2D eigenvalue weighted by Crippen LogP contribution is 2.34. The molecular formula is C24H25N. The first-order chi connectivity index (χ1) is 12.3. The molecule has 0 atom stereocenters.